The molecule has 0 bridgehead atoms. The van der Waals surface area contributed by atoms with Gasteiger partial charge in [0.1, 0.15) is 17.9 Å². The lowest BCUT2D eigenvalue weighted by atomic mass is 10.1. The highest BCUT2D eigenvalue weighted by Gasteiger charge is 2.14. The topological polar surface area (TPSA) is 100 Å². The molecule has 2 N–H and O–H groups in total. The van der Waals surface area contributed by atoms with Crippen LogP contribution in [-0.2, 0) is 11.3 Å². The zero-order chi connectivity index (χ0) is 23.3. The van der Waals surface area contributed by atoms with Crippen LogP contribution >= 0.6 is 0 Å². The number of anilines is 2. The van der Waals surface area contributed by atoms with E-state index in [1.54, 1.807) is 36.4 Å². The molecule has 32 heavy (non-hydrogen) atoms. The number of aryl methyl sites for hydroxylation is 1. The molecule has 0 aliphatic heterocycles. The number of nitriles is 1. The highest BCUT2D eigenvalue weighted by molar-refractivity contribution is 6.10. The molecule has 164 valence electrons. The number of carbonyl (C=O) groups excluding carboxylic acids is 2. The van der Waals surface area contributed by atoms with E-state index >= 15 is 0 Å². The van der Waals surface area contributed by atoms with Crippen molar-refractivity contribution in [3.05, 3.63) is 77.0 Å². The van der Waals surface area contributed by atoms with E-state index in [-0.39, 0.29) is 11.5 Å². The molecule has 0 aliphatic rings. The van der Waals surface area contributed by atoms with Crippen LogP contribution in [0.5, 0.6) is 0 Å². The Morgan fingerprint density at radius 2 is 1.88 bits per heavy atom. The van der Waals surface area contributed by atoms with Crippen LogP contribution in [0.1, 0.15) is 41.2 Å². The molecule has 2 amide bonds. The van der Waals surface area contributed by atoms with Crippen LogP contribution in [0.15, 0.2) is 58.9 Å². The summed E-state index contributed by atoms with van der Waals surface area (Å²) < 4.78 is 7.11. The van der Waals surface area contributed by atoms with Gasteiger partial charge in [-0.1, -0.05) is 19.9 Å². The lowest BCUT2D eigenvalue weighted by Crippen LogP contribution is -2.14. The molecule has 0 atom stereocenters. The highest BCUT2D eigenvalue weighted by Crippen LogP contribution is 2.21. The number of nitrogens with zero attached hydrogens (tertiary/aromatic N) is 2. The average molecular weight is 431 g/mol. The molecule has 7 nitrogen and oxygen atoms in total. The maximum atomic E-state index is 12.7. The first kappa shape index (κ1) is 22.6. The quantitative estimate of drug-likeness (QED) is 0.400. The maximum absolute atomic E-state index is 12.7. The van der Waals surface area contributed by atoms with Gasteiger partial charge in [-0.15, -0.1) is 0 Å². The minimum Gasteiger partial charge on any atom is -0.472 e. The van der Waals surface area contributed by atoms with Gasteiger partial charge in [-0.25, -0.2) is 0 Å². The first-order valence-corrected chi connectivity index (χ1v) is 10.3. The first-order chi connectivity index (χ1) is 15.3. The molecule has 2 aromatic heterocycles. The number of rotatable bonds is 7. The predicted octanol–water partition coefficient (Wildman–Crippen LogP) is 5.15. The van der Waals surface area contributed by atoms with Gasteiger partial charge < -0.3 is 19.6 Å². The third-order valence-electron chi connectivity index (χ3n) is 4.99. The summed E-state index contributed by atoms with van der Waals surface area (Å²) in [7, 11) is 0. The number of carbonyl (C=O) groups is 2. The number of nitrogens with one attached hydrogen (secondary N) is 2. The summed E-state index contributed by atoms with van der Waals surface area (Å²) >= 11 is 0. The van der Waals surface area contributed by atoms with Crippen molar-refractivity contribution in [1.29, 1.82) is 5.26 Å². The van der Waals surface area contributed by atoms with E-state index in [9.17, 15) is 14.9 Å². The molecular weight excluding hydrogens is 404 g/mol. The van der Waals surface area contributed by atoms with Crippen LogP contribution in [-0.4, -0.2) is 16.4 Å². The smallest absolute Gasteiger partial charge is 0.266 e. The highest BCUT2D eigenvalue weighted by atomic mass is 16.3. The molecule has 7 heteroatoms. The minimum atomic E-state index is -0.514. The summed E-state index contributed by atoms with van der Waals surface area (Å²) in [5.41, 5.74) is 4.31. The van der Waals surface area contributed by atoms with E-state index in [2.05, 4.69) is 29.0 Å². The molecule has 0 aliphatic carbocycles. The van der Waals surface area contributed by atoms with Gasteiger partial charge in [-0.2, -0.15) is 5.26 Å². The number of furan rings is 1. The van der Waals surface area contributed by atoms with Crippen LogP contribution in [0.3, 0.4) is 0 Å². The second kappa shape index (κ2) is 9.84. The molecule has 0 fully saturated rings. The molecule has 0 saturated heterocycles. The van der Waals surface area contributed by atoms with E-state index in [1.165, 1.54) is 12.5 Å². The van der Waals surface area contributed by atoms with Gasteiger partial charge in [0, 0.05) is 29.3 Å². The van der Waals surface area contributed by atoms with Crippen molar-refractivity contribution >= 4 is 29.3 Å². The van der Waals surface area contributed by atoms with Crippen molar-refractivity contribution < 1.29 is 14.0 Å². The van der Waals surface area contributed by atoms with E-state index < -0.39 is 5.91 Å². The standard InChI is InChI=1S/C25H26N4O3/c1-16(2)14-29-17(3)10-20(18(29)4)11-21(13-26)25(31)28-23-7-5-6-22(12-23)27-24(30)19-8-9-32-15-19/h5-12,15-16H,14H2,1-4H3,(H,27,30)(H,28,31)/b21-11-. The lowest BCUT2D eigenvalue weighted by molar-refractivity contribution is -0.112. The fraction of sp³-hybridized carbons (Fsp3) is 0.240. The van der Waals surface area contributed by atoms with Crippen molar-refractivity contribution in [2.24, 2.45) is 5.92 Å². The predicted molar refractivity (Wildman–Crippen MR) is 124 cm³/mol. The van der Waals surface area contributed by atoms with Gasteiger partial charge in [-0.05, 0) is 61.7 Å². The fourth-order valence-electron chi connectivity index (χ4n) is 3.39. The van der Waals surface area contributed by atoms with Crippen molar-refractivity contribution in [2.45, 2.75) is 34.2 Å². The van der Waals surface area contributed by atoms with E-state index in [0.29, 0.717) is 22.9 Å². The molecule has 0 saturated carbocycles. The second-order valence-corrected chi connectivity index (χ2v) is 8.00. The summed E-state index contributed by atoms with van der Waals surface area (Å²) in [6.45, 7) is 9.17. The third kappa shape index (κ3) is 5.35. The number of aromatic nitrogens is 1. The summed E-state index contributed by atoms with van der Waals surface area (Å²) in [4.78, 5) is 24.9. The van der Waals surface area contributed by atoms with E-state index in [4.69, 9.17) is 4.42 Å². The third-order valence-corrected chi connectivity index (χ3v) is 4.99. The van der Waals surface area contributed by atoms with Crippen molar-refractivity contribution in [3.8, 4) is 6.07 Å². The largest absolute Gasteiger partial charge is 0.472 e. The number of hydrogen-bond donors (Lipinski definition) is 2. The summed E-state index contributed by atoms with van der Waals surface area (Å²) in [5.74, 6) is -0.354. The summed E-state index contributed by atoms with van der Waals surface area (Å²) in [5, 5.41) is 15.0. The number of hydrogen-bond acceptors (Lipinski definition) is 4. The van der Waals surface area contributed by atoms with Gasteiger partial charge >= 0.3 is 0 Å². The Hall–Kier alpha value is -4.05. The fourth-order valence-corrected chi connectivity index (χ4v) is 3.39. The van der Waals surface area contributed by atoms with Crippen LogP contribution in [0.4, 0.5) is 11.4 Å². The Morgan fingerprint density at radius 1 is 1.16 bits per heavy atom. The molecule has 2 heterocycles. The minimum absolute atomic E-state index is 0.00244. The summed E-state index contributed by atoms with van der Waals surface area (Å²) in [6.07, 6.45) is 4.38. The Bertz CT molecular complexity index is 1190. The Labute approximate surface area is 187 Å². The normalized spacial score (nSPS) is 11.3. The lowest BCUT2D eigenvalue weighted by Gasteiger charge is -2.12. The molecule has 0 radical (unpaired) electrons. The molecule has 3 rings (SSSR count). The van der Waals surface area contributed by atoms with Crippen LogP contribution in [0, 0.1) is 31.1 Å². The molecule has 1 aromatic carbocycles. The second-order valence-electron chi connectivity index (χ2n) is 8.00. The van der Waals surface area contributed by atoms with Crippen molar-refractivity contribution in [1.82, 2.24) is 4.57 Å². The van der Waals surface area contributed by atoms with Crippen molar-refractivity contribution in [2.75, 3.05) is 10.6 Å². The van der Waals surface area contributed by atoms with Gasteiger partial charge in [0.05, 0.1) is 11.8 Å². The molecule has 3 aromatic rings. The first-order valence-electron chi connectivity index (χ1n) is 10.3. The molecular formula is C25H26N4O3. The Morgan fingerprint density at radius 3 is 2.50 bits per heavy atom. The zero-order valence-electron chi connectivity index (χ0n) is 18.6. The van der Waals surface area contributed by atoms with Gasteiger partial charge in [-0.3, -0.25) is 9.59 Å². The van der Waals surface area contributed by atoms with Gasteiger partial charge in [0.2, 0.25) is 0 Å². The van der Waals surface area contributed by atoms with Crippen LogP contribution < -0.4 is 10.6 Å². The number of benzene rings is 1. The van der Waals surface area contributed by atoms with Crippen molar-refractivity contribution in [3.63, 3.8) is 0 Å². The number of amides is 2. The van der Waals surface area contributed by atoms with Crippen LogP contribution in [0.2, 0.25) is 0 Å². The zero-order valence-corrected chi connectivity index (χ0v) is 18.6. The van der Waals surface area contributed by atoms with E-state index in [0.717, 1.165) is 23.5 Å². The Kier molecular flexibility index (Phi) is 6.96. The van der Waals surface area contributed by atoms with Gasteiger partial charge in [0.25, 0.3) is 11.8 Å². The molecule has 0 spiro atoms. The monoisotopic (exact) mass is 430 g/mol. The maximum Gasteiger partial charge on any atom is 0.266 e. The van der Waals surface area contributed by atoms with Gasteiger partial charge in [0.15, 0.2) is 0 Å². The molecule has 0 unspecified atom stereocenters. The average Bonchev–Trinajstić information content (AvgIpc) is 3.37. The SMILES string of the molecule is Cc1cc(/C=C(/C#N)C(=O)Nc2cccc(NC(=O)c3ccoc3)c2)c(C)n1CC(C)C. The van der Waals surface area contributed by atoms with E-state index in [1.807, 2.05) is 26.0 Å². The van der Waals surface area contributed by atoms with Crippen LogP contribution in [0.25, 0.3) is 6.08 Å². The Balaban J connectivity index is 1.76. The summed E-state index contributed by atoms with van der Waals surface area (Å²) in [6, 6.07) is 12.3.